The molecule has 11 heteroatoms. The van der Waals surface area contributed by atoms with Gasteiger partial charge in [0, 0.05) is 31.4 Å². The van der Waals surface area contributed by atoms with Crippen molar-refractivity contribution in [2.75, 3.05) is 25.3 Å². The van der Waals surface area contributed by atoms with Gasteiger partial charge in [-0.2, -0.15) is 5.10 Å². The number of anilines is 1. The number of rotatable bonds is 7. The van der Waals surface area contributed by atoms with Gasteiger partial charge in [0.25, 0.3) is 0 Å². The molecule has 2 aromatic carbocycles. The molecule has 0 spiro atoms. The van der Waals surface area contributed by atoms with Gasteiger partial charge in [-0.3, -0.25) is 4.79 Å². The predicted molar refractivity (Wildman–Crippen MR) is 121 cm³/mol. The van der Waals surface area contributed by atoms with Gasteiger partial charge in [-0.05, 0) is 54.9 Å². The number of methoxy groups -OCH3 is 1. The molecule has 0 bridgehead atoms. The van der Waals surface area contributed by atoms with E-state index >= 15 is 0 Å². The highest BCUT2D eigenvalue weighted by molar-refractivity contribution is 6.28. The summed E-state index contributed by atoms with van der Waals surface area (Å²) in [6, 6.07) is 8.54. The third kappa shape index (κ3) is 4.51. The molecule has 2 atom stereocenters. The number of hydrogen-bond donors (Lipinski definition) is 1. The Labute approximate surface area is 203 Å². The highest BCUT2D eigenvalue weighted by Crippen LogP contribution is 2.46. The van der Waals surface area contributed by atoms with Crippen molar-refractivity contribution in [2.45, 2.75) is 18.4 Å². The van der Waals surface area contributed by atoms with E-state index in [2.05, 4.69) is 10.4 Å². The molecule has 3 aromatic rings. The van der Waals surface area contributed by atoms with Gasteiger partial charge in [0.05, 0.1) is 23.9 Å². The molecule has 1 aromatic heterocycles. The van der Waals surface area contributed by atoms with Crippen LogP contribution in [0.2, 0.25) is 5.22 Å². The quantitative estimate of drug-likeness (QED) is 0.359. The van der Waals surface area contributed by atoms with Gasteiger partial charge in [-0.1, -0.05) is 0 Å². The molecule has 4 rings (SSSR count). The molecule has 184 valence electrons. The first kappa shape index (κ1) is 24.7. The maximum atomic E-state index is 14.9. The molecule has 0 fully saturated rings. The monoisotopic (exact) mass is 509 g/mol. The van der Waals surface area contributed by atoms with Gasteiger partial charge in [0.2, 0.25) is 5.91 Å². The van der Waals surface area contributed by atoms with Crippen LogP contribution in [0.4, 0.5) is 23.2 Å². The summed E-state index contributed by atoms with van der Waals surface area (Å²) >= 11 is 5.99. The Morgan fingerprint density at radius 1 is 1.11 bits per heavy atom. The fraction of sp³-hybridized carbons (Fsp3) is 0.250. The lowest BCUT2D eigenvalue weighted by molar-refractivity contribution is -0.126. The normalized spacial score (nSPS) is 19.7. The number of halogens is 5. The molecular weight excluding hydrogens is 490 g/mol. The number of furan rings is 1. The highest BCUT2D eigenvalue weighted by Gasteiger charge is 2.56. The topological polar surface area (TPSA) is 67.1 Å². The average molecular weight is 510 g/mol. The fourth-order valence-corrected chi connectivity index (χ4v) is 4.24. The lowest BCUT2D eigenvalue weighted by atomic mass is 9.78. The number of benzene rings is 2. The van der Waals surface area contributed by atoms with Crippen LogP contribution in [0.5, 0.6) is 0 Å². The van der Waals surface area contributed by atoms with Crippen molar-refractivity contribution in [1.29, 1.82) is 0 Å². The fourth-order valence-electron chi connectivity index (χ4n) is 4.09. The molecular formula is C24H20ClF4N3O3. The first-order chi connectivity index (χ1) is 16.7. The predicted octanol–water partition coefficient (Wildman–Crippen LogP) is 5.02. The molecule has 35 heavy (non-hydrogen) atoms. The minimum absolute atomic E-state index is 0.00696. The van der Waals surface area contributed by atoms with E-state index in [9.17, 15) is 22.4 Å². The minimum atomic E-state index is -1.75. The molecule has 0 saturated heterocycles. The van der Waals surface area contributed by atoms with E-state index in [1.807, 2.05) is 0 Å². The van der Waals surface area contributed by atoms with E-state index in [1.54, 1.807) is 0 Å². The third-order valence-electron chi connectivity index (χ3n) is 5.76. The standard InChI is InChI=1S/C24H20ClF4N3O3/c1-24(23(33)30-9-10-34-2)21(19-7-8-20(25)35-19)22(15-5-3-13(26)11-16(15)28)31-32(24)18-6-4-14(27)12-17(18)29/h3-8,11-12,21H,9-10H2,1-2H3,(H,30,33). The Hall–Kier alpha value is -3.37. The molecule has 1 aliphatic rings. The molecule has 1 N–H and O–H groups in total. The van der Waals surface area contributed by atoms with Crippen molar-refractivity contribution >= 4 is 28.9 Å². The molecule has 1 amide bonds. The summed E-state index contributed by atoms with van der Waals surface area (Å²) in [4.78, 5) is 13.6. The van der Waals surface area contributed by atoms with Crippen LogP contribution in [0.15, 0.2) is 58.0 Å². The maximum absolute atomic E-state index is 14.9. The Balaban J connectivity index is 1.95. The molecule has 1 aliphatic heterocycles. The van der Waals surface area contributed by atoms with Crippen LogP contribution in [-0.2, 0) is 9.53 Å². The van der Waals surface area contributed by atoms with Gasteiger partial charge >= 0.3 is 0 Å². The third-order valence-corrected chi connectivity index (χ3v) is 5.96. The Bertz CT molecular complexity index is 1300. The van der Waals surface area contributed by atoms with Crippen LogP contribution < -0.4 is 10.3 Å². The number of carbonyl (C=O) groups excluding carboxylic acids is 1. The summed E-state index contributed by atoms with van der Waals surface area (Å²) in [5.41, 5.74) is -2.16. The molecule has 0 radical (unpaired) electrons. The second-order valence-electron chi connectivity index (χ2n) is 7.99. The van der Waals surface area contributed by atoms with Gasteiger partial charge in [0.1, 0.15) is 23.2 Å². The zero-order chi connectivity index (χ0) is 25.3. The first-order valence-corrected chi connectivity index (χ1v) is 10.9. The zero-order valence-corrected chi connectivity index (χ0v) is 19.4. The Morgan fingerprint density at radius 2 is 1.80 bits per heavy atom. The van der Waals surface area contributed by atoms with Gasteiger partial charge in [-0.25, -0.2) is 22.6 Å². The summed E-state index contributed by atoms with van der Waals surface area (Å²) in [5, 5.41) is 8.14. The van der Waals surface area contributed by atoms with Gasteiger partial charge in [0.15, 0.2) is 16.6 Å². The van der Waals surface area contributed by atoms with Crippen molar-refractivity contribution in [3.63, 3.8) is 0 Å². The molecule has 0 saturated carbocycles. The lowest BCUT2D eigenvalue weighted by Crippen LogP contribution is -2.57. The van der Waals surface area contributed by atoms with Crippen molar-refractivity contribution in [2.24, 2.45) is 5.10 Å². The largest absolute Gasteiger partial charge is 0.449 e. The number of hydrazone groups is 1. The number of ether oxygens (including phenoxy) is 1. The van der Waals surface area contributed by atoms with E-state index in [4.69, 9.17) is 20.8 Å². The summed E-state index contributed by atoms with van der Waals surface area (Å²) in [7, 11) is 1.45. The highest BCUT2D eigenvalue weighted by atomic mass is 35.5. The van der Waals surface area contributed by atoms with Crippen LogP contribution in [-0.4, -0.2) is 37.4 Å². The van der Waals surface area contributed by atoms with Crippen LogP contribution in [0, 0.1) is 23.3 Å². The van der Waals surface area contributed by atoms with Crippen LogP contribution in [0.3, 0.4) is 0 Å². The van der Waals surface area contributed by atoms with Crippen molar-refractivity contribution in [3.8, 4) is 0 Å². The van der Waals surface area contributed by atoms with Crippen LogP contribution in [0.25, 0.3) is 0 Å². The van der Waals surface area contributed by atoms with Gasteiger partial charge in [-0.15, -0.1) is 0 Å². The summed E-state index contributed by atoms with van der Waals surface area (Å²) in [6.45, 7) is 1.75. The van der Waals surface area contributed by atoms with Crippen LogP contribution >= 0.6 is 11.6 Å². The molecule has 6 nitrogen and oxygen atoms in total. The first-order valence-electron chi connectivity index (χ1n) is 10.5. The Kier molecular flexibility index (Phi) is 6.86. The number of nitrogens with one attached hydrogen (secondary N) is 1. The second kappa shape index (κ2) is 9.71. The molecule has 2 unspecified atom stereocenters. The summed E-state index contributed by atoms with van der Waals surface area (Å²) in [5.74, 6) is -5.22. The summed E-state index contributed by atoms with van der Waals surface area (Å²) in [6.07, 6.45) is 0. The molecule has 0 aliphatic carbocycles. The van der Waals surface area contributed by atoms with Crippen LogP contribution in [0.1, 0.15) is 24.2 Å². The lowest BCUT2D eigenvalue weighted by Gasteiger charge is -2.36. The second-order valence-corrected chi connectivity index (χ2v) is 8.36. The zero-order valence-electron chi connectivity index (χ0n) is 18.6. The van der Waals surface area contributed by atoms with Crippen molar-refractivity contribution in [1.82, 2.24) is 5.32 Å². The van der Waals surface area contributed by atoms with E-state index in [-0.39, 0.29) is 41.1 Å². The molecule has 2 heterocycles. The van der Waals surface area contributed by atoms with E-state index < -0.39 is 40.6 Å². The summed E-state index contributed by atoms with van der Waals surface area (Å²) < 4.78 is 67.8. The van der Waals surface area contributed by atoms with Gasteiger partial charge < -0.3 is 14.5 Å². The average Bonchev–Trinajstić information content (AvgIpc) is 3.35. The number of nitrogens with zero attached hydrogens (tertiary/aromatic N) is 2. The number of hydrogen-bond acceptors (Lipinski definition) is 5. The van der Waals surface area contributed by atoms with Crippen molar-refractivity contribution in [3.05, 3.63) is 88.3 Å². The maximum Gasteiger partial charge on any atom is 0.248 e. The minimum Gasteiger partial charge on any atom is -0.449 e. The van der Waals surface area contributed by atoms with Crippen molar-refractivity contribution < 1.29 is 31.5 Å². The Morgan fingerprint density at radius 3 is 2.40 bits per heavy atom. The smallest absolute Gasteiger partial charge is 0.248 e. The SMILES string of the molecule is COCCNC(=O)C1(C)C(c2ccc(Cl)o2)C(c2ccc(F)cc2F)=NN1c1ccc(F)cc1F. The van der Waals surface area contributed by atoms with E-state index in [0.717, 1.165) is 29.3 Å². The van der Waals surface area contributed by atoms with E-state index in [1.165, 1.54) is 26.2 Å². The number of amides is 1. The van der Waals surface area contributed by atoms with E-state index in [0.29, 0.717) is 12.1 Å². The number of carbonyl (C=O) groups is 1.